The summed E-state index contributed by atoms with van der Waals surface area (Å²) in [5.41, 5.74) is 11.1. The standard InChI is InChI=1S/C26H38N6O10/c1-13(2)8-16(29-25(40)19(12-33)32-22(37)15(27)10-20(28)34)23(38)30-17(11-21(35)36)24(39)31-18(26(41)42)9-14-6-4-3-5-7-14/h3-7,13,15-19,33H,8-12,27H2,1-2H3,(H2,28,34)(H,29,40)(H,30,38)(H,31,39)(H,32,37)(H,35,36)(H,41,42). The van der Waals surface area contributed by atoms with Crippen LogP contribution in [0, 0.1) is 5.92 Å². The molecule has 5 unspecified atom stereocenters. The second-order valence-electron chi connectivity index (χ2n) is 9.96. The number of nitrogens with one attached hydrogen (secondary N) is 4. The van der Waals surface area contributed by atoms with Crippen LogP contribution >= 0.6 is 0 Å². The van der Waals surface area contributed by atoms with E-state index in [1.165, 1.54) is 0 Å². The Kier molecular flexibility index (Phi) is 14.6. The highest BCUT2D eigenvalue weighted by atomic mass is 16.4. The van der Waals surface area contributed by atoms with Gasteiger partial charge in [0.1, 0.15) is 24.2 Å². The van der Waals surface area contributed by atoms with Crippen molar-refractivity contribution in [2.75, 3.05) is 6.61 Å². The van der Waals surface area contributed by atoms with Gasteiger partial charge in [0, 0.05) is 6.42 Å². The van der Waals surface area contributed by atoms with Crippen molar-refractivity contribution >= 4 is 41.5 Å². The minimum Gasteiger partial charge on any atom is -0.481 e. The van der Waals surface area contributed by atoms with Crippen LogP contribution in [-0.4, -0.2) is 93.6 Å². The van der Waals surface area contributed by atoms with Gasteiger partial charge in [-0.2, -0.15) is 0 Å². The largest absolute Gasteiger partial charge is 0.481 e. The number of carboxylic acids is 2. The minimum absolute atomic E-state index is 0.00196. The number of carbonyl (C=O) groups excluding carboxylic acids is 5. The molecule has 0 saturated heterocycles. The molecule has 0 aromatic heterocycles. The molecule has 11 N–H and O–H groups in total. The first-order valence-electron chi connectivity index (χ1n) is 13.0. The molecule has 0 spiro atoms. The van der Waals surface area contributed by atoms with E-state index < -0.39 is 91.1 Å². The first kappa shape index (κ1) is 35.5. The number of primary amides is 1. The molecule has 5 atom stereocenters. The van der Waals surface area contributed by atoms with Gasteiger partial charge in [0.05, 0.1) is 25.5 Å². The molecule has 16 nitrogen and oxygen atoms in total. The highest BCUT2D eigenvalue weighted by Gasteiger charge is 2.33. The van der Waals surface area contributed by atoms with E-state index in [1.54, 1.807) is 44.2 Å². The number of aliphatic carboxylic acids is 2. The lowest BCUT2D eigenvalue weighted by Crippen LogP contribution is -2.59. The van der Waals surface area contributed by atoms with Crippen molar-refractivity contribution in [2.45, 2.75) is 69.7 Å². The van der Waals surface area contributed by atoms with E-state index in [0.29, 0.717) is 5.56 Å². The van der Waals surface area contributed by atoms with Gasteiger partial charge in [0.15, 0.2) is 0 Å². The number of amides is 5. The van der Waals surface area contributed by atoms with E-state index in [0.717, 1.165) is 0 Å². The number of hydrogen-bond acceptors (Lipinski definition) is 9. The summed E-state index contributed by atoms with van der Waals surface area (Å²) in [7, 11) is 0. The third-order valence-corrected chi connectivity index (χ3v) is 5.82. The Bertz CT molecular complexity index is 1130. The lowest BCUT2D eigenvalue weighted by molar-refractivity contribution is -0.143. The van der Waals surface area contributed by atoms with Gasteiger partial charge in [0.2, 0.25) is 29.5 Å². The highest BCUT2D eigenvalue weighted by Crippen LogP contribution is 2.08. The van der Waals surface area contributed by atoms with Crippen LogP contribution in [0.3, 0.4) is 0 Å². The molecule has 0 radical (unpaired) electrons. The first-order valence-corrected chi connectivity index (χ1v) is 13.0. The quantitative estimate of drug-likeness (QED) is 0.0824. The van der Waals surface area contributed by atoms with Crippen molar-refractivity contribution in [3.05, 3.63) is 35.9 Å². The Hall–Kier alpha value is -4.57. The van der Waals surface area contributed by atoms with Crippen molar-refractivity contribution in [3.8, 4) is 0 Å². The summed E-state index contributed by atoms with van der Waals surface area (Å²) in [6.45, 7) is 2.52. The number of carbonyl (C=O) groups is 7. The van der Waals surface area contributed by atoms with Crippen LogP contribution in [0.15, 0.2) is 30.3 Å². The lowest BCUT2D eigenvalue weighted by Gasteiger charge is -2.26. The minimum atomic E-state index is -1.71. The molecule has 1 aromatic carbocycles. The van der Waals surface area contributed by atoms with Crippen molar-refractivity contribution in [3.63, 3.8) is 0 Å². The summed E-state index contributed by atoms with van der Waals surface area (Å²) in [6.07, 6.45) is -1.53. The molecule has 1 aromatic rings. The Labute approximate surface area is 241 Å². The molecule has 0 fully saturated rings. The summed E-state index contributed by atoms with van der Waals surface area (Å²) < 4.78 is 0. The van der Waals surface area contributed by atoms with Crippen molar-refractivity contribution in [2.24, 2.45) is 17.4 Å². The van der Waals surface area contributed by atoms with Crippen molar-refractivity contribution in [1.82, 2.24) is 21.3 Å². The lowest BCUT2D eigenvalue weighted by atomic mass is 10.0. The third kappa shape index (κ3) is 12.7. The summed E-state index contributed by atoms with van der Waals surface area (Å²) in [5.74, 6) is -7.95. The molecule has 232 valence electrons. The fraction of sp³-hybridized carbons (Fsp3) is 0.500. The van der Waals surface area contributed by atoms with Crippen LogP contribution in [0.1, 0.15) is 38.7 Å². The van der Waals surface area contributed by atoms with E-state index in [4.69, 9.17) is 11.5 Å². The zero-order valence-electron chi connectivity index (χ0n) is 23.2. The van der Waals surface area contributed by atoms with E-state index in [9.17, 15) is 48.9 Å². The van der Waals surface area contributed by atoms with Crippen LogP contribution in [0.4, 0.5) is 0 Å². The van der Waals surface area contributed by atoms with Crippen LogP contribution < -0.4 is 32.7 Å². The molecular formula is C26H38N6O10. The summed E-state index contributed by atoms with van der Waals surface area (Å²) in [5, 5.41) is 37.5. The average Bonchev–Trinajstić information content (AvgIpc) is 2.89. The molecular weight excluding hydrogens is 556 g/mol. The molecule has 42 heavy (non-hydrogen) atoms. The molecule has 16 heteroatoms. The SMILES string of the molecule is CC(C)CC(NC(=O)C(CO)NC(=O)C(N)CC(N)=O)C(=O)NC(CC(=O)O)C(=O)NC(Cc1ccccc1)C(=O)O. The molecule has 0 aliphatic heterocycles. The smallest absolute Gasteiger partial charge is 0.326 e. The fourth-order valence-corrected chi connectivity index (χ4v) is 3.74. The van der Waals surface area contributed by atoms with Gasteiger partial charge in [-0.25, -0.2) is 4.79 Å². The van der Waals surface area contributed by atoms with E-state index in [1.807, 2.05) is 0 Å². The van der Waals surface area contributed by atoms with Gasteiger partial charge in [-0.3, -0.25) is 28.8 Å². The second-order valence-corrected chi connectivity index (χ2v) is 9.96. The van der Waals surface area contributed by atoms with Crippen LogP contribution in [0.25, 0.3) is 0 Å². The zero-order valence-corrected chi connectivity index (χ0v) is 23.2. The Morgan fingerprint density at radius 2 is 1.24 bits per heavy atom. The Balaban J connectivity index is 3.05. The molecule has 0 bridgehead atoms. The summed E-state index contributed by atoms with van der Waals surface area (Å²) in [4.78, 5) is 85.3. The topological polar surface area (TPSA) is 280 Å². The molecule has 0 heterocycles. The summed E-state index contributed by atoms with van der Waals surface area (Å²) in [6, 6.07) is 0.885. The second kappa shape index (κ2) is 17.3. The maximum atomic E-state index is 13.1. The predicted molar refractivity (Wildman–Crippen MR) is 146 cm³/mol. The predicted octanol–water partition coefficient (Wildman–Crippen LogP) is -3.03. The number of benzene rings is 1. The van der Waals surface area contributed by atoms with Gasteiger partial charge < -0.3 is 48.1 Å². The number of aliphatic hydroxyl groups is 1. The zero-order chi connectivity index (χ0) is 32.0. The first-order chi connectivity index (χ1) is 19.6. The number of aliphatic hydroxyl groups excluding tert-OH is 1. The van der Waals surface area contributed by atoms with Gasteiger partial charge in [-0.1, -0.05) is 44.2 Å². The molecule has 0 saturated carbocycles. The molecule has 5 amide bonds. The van der Waals surface area contributed by atoms with Crippen LogP contribution in [-0.2, 0) is 40.0 Å². The fourth-order valence-electron chi connectivity index (χ4n) is 3.74. The van der Waals surface area contributed by atoms with Crippen LogP contribution in [0.5, 0.6) is 0 Å². The van der Waals surface area contributed by atoms with E-state index in [2.05, 4.69) is 21.3 Å². The van der Waals surface area contributed by atoms with Gasteiger partial charge >= 0.3 is 11.9 Å². The number of rotatable bonds is 18. The Morgan fingerprint density at radius 1 is 0.738 bits per heavy atom. The van der Waals surface area contributed by atoms with Crippen molar-refractivity contribution < 1.29 is 48.9 Å². The molecule has 0 aliphatic rings. The molecule has 0 aliphatic carbocycles. The molecule has 1 rings (SSSR count). The maximum absolute atomic E-state index is 13.1. The summed E-state index contributed by atoms with van der Waals surface area (Å²) >= 11 is 0. The van der Waals surface area contributed by atoms with Crippen molar-refractivity contribution in [1.29, 1.82) is 0 Å². The van der Waals surface area contributed by atoms with Gasteiger partial charge in [0.25, 0.3) is 0 Å². The maximum Gasteiger partial charge on any atom is 0.326 e. The van der Waals surface area contributed by atoms with E-state index in [-0.39, 0.29) is 18.8 Å². The van der Waals surface area contributed by atoms with Gasteiger partial charge in [-0.05, 0) is 17.9 Å². The number of carboxylic acid groups (broad SMARTS) is 2. The normalized spacial score (nSPS) is 14.4. The number of nitrogens with two attached hydrogens (primary N) is 2. The number of hydrogen-bond donors (Lipinski definition) is 9. The van der Waals surface area contributed by atoms with Gasteiger partial charge in [-0.15, -0.1) is 0 Å². The van der Waals surface area contributed by atoms with E-state index >= 15 is 0 Å². The highest BCUT2D eigenvalue weighted by molar-refractivity contribution is 5.97. The third-order valence-electron chi connectivity index (χ3n) is 5.82. The average molecular weight is 595 g/mol. The monoisotopic (exact) mass is 594 g/mol. The Morgan fingerprint density at radius 3 is 1.74 bits per heavy atom. The van der Waals surface area contributed by atoms with Crippen LogP contribution in [0.2, 0.25) is 0 Å².